The standard InChI is InChI=1S/C27H29N5O8S2/c1-12-16(26(37)39-7)22(41-18(12)24(35)31(3)4)29-20(33)14-9-10-15(28-11-14)21(34)30-23-17(27(38)40-8)13(2)19(42-23)25(36)32(5)6/h9-11H,1-8H3,(H,29,33)(H,30,34). The molecule has 222 valence electrons. The minimum absolute atomic E-state index is 0.0526. The highest BCUT2D eigenvalue weighted by Crippen LogP contribution is 2.36. The summed E-state index contributed by atoms with van der Waals surface area (Å²) in [6.45, 7) is 3.17. The highest BCUT2D eigenvalue weighted by atomic mass is 32.1. The van der Waals surface area contributed by atoms with Crippen LogP contribution in [-0.2, 0) is 9.47 Å². The molecule has 3 rings (SSSR count). The lowest BCUT2D eigenvalue weighted by Crippen LogP contribution is -2.21. The Bertz CT molecular complexity index is 1470. The van der Waals surface area contributed by atoms with Gasteiger partial charge in [0.05, 0.1) is 40.7 Å². The van der Waals surface area contributed by atoms with Crippen molar-refractivity contribution in [2.24, 2.45) is 0 Å². The summed E-state index contributed by atoms with van der Waals surface area (Å²) >= 11 is 1.87. The first kappa shape index (κ1) is 31.9. The fourth-order valence-electron chi connectivity index (χ4n) is 3.72. The van der Waals surface area contributed by atoms with Gasteiger partial charge in [0, 0.05) is 34.4 Å². The first-order valence-electron chi connectivity index (χ1n) is 12.2. The van der Waals surface area contributed by atoms with Crippen LogP contribution < -0.4 is 10.6 Å². The Morgan fingerprint density at radius 2 is 1.14 bits per heavy atom. The molecule has 42 heavy (non-hydrogen) atoms. The molecule has 0 saturated heterocycles. The molecule has 0 saturated carbocycles. The SMILES string of the molecule is COC(=O)c1c(NC(=O)c2ccc(C(=O)Nc3sc(C(=O)N(C)C)c(C)c3C(=O)OC)nc2)sc(C(=O)N(C)C)c1C. The Hall–Kier alpha value is -4.63. The van der Waals surface area contributed by atoms with E-state index in [2.05, 4.69) is 15.6 Å². The molecule has 0 fully saturated rings. The monoisotopic (exact) mass is 615 g/mol. The molecule has 15 heteroatoms. The molecule has 3 aromatic heterocycles. The Morgan fingerprint density at radius 1 is 0.714 bits per heavy atom. The predicted molar refractivity (Wildman–Crippen MR) is 157 cm³/mol. The van der Waals surface area contributed by atoms with E-state index in [4.69, 9.17) is 9.47 Å². The molecule has 0 atom stereocenters. The van der Waals surface area contributed by atoms with Crippen molar-refractivity contribution in [3.63, 3.8) is 0 Å². The van der Waals surface area contributed by atoms with Gasteiger partial charge >= 0.3 is 11.9 Å². The van der Waals surface area contributed by atoms with Crippen LogP contribution in [0, 0.1) is 13.8 Å². The topological polar surface area (TPSA) is 164 Å². The zero-order valence-corrected chi connectivity index (χ0v) is 25.8. The summed E-state index contributed by atoms with van der Waals surface area (Å²) in [6, 6.07) is 2.65. The third-order valence-electron chi connectivity index (χ3n) is 5.99. The van der Waals surface area contributed by atoms with Crippen molar-refractivity contribution in [3.8, 4) is 0 Å². The molecule has 0 bridgehead atoms. The largest absolute Gasteiger partial charge is 0.465 e. The van der Waals surface area contributed by atoms with E-state index in [1.54, 1.807) is 42.0 Å². The van der Waals surface area contributed by atoms with E-state index >= 15 is 0 Å². The van der Waals surface area contributed by atoms with E-state index in [-0.39, 0.29) is 54.0 Å². The first-order valence-corrected chi connectivity index (χ1v) is 13.8. The summed E-state index contributed by atoms with van der Waals surface area (Å²) < 4.78 is 9.67. The smallest absolute Gasteiger partial charge is 0.341 e. The molecule has 0 unspecified atom stereocenters. The summed E-state index contributed by atoms with van der Waals surface area (Å²) in [5.41, 5.74) is 0.842. The lowest BCUT2D eigenvalue weighted by molar-refractivity contribution is 0.0592. The van der Waals surface area contributed by atoms with Crippen LogP contribution in [-0.4, -0.2) is 92.8 Å². The van der Waals surface area contributed by atoms with Crippen molar-refractivity contribution in [2.75, 3.05) is 53.0 Å². The molecule has 2 N–H and O–H groups in total. The summed E-state index contributed by atoms with van der Waals surface area (Å²) in [5, 5.41) is 5.47. The third kappa shape index (κ3) is 6.31. The number of rotatable bonds is 8. The number of thiophene rings is 2. The van der Waals surface area contributed by atoms with E-state index in [1.807, 2.05) is 0 Å². The van der Waals surface area contributed by atoms with Crippen molar-refractivity contribution < 1.29 is 38.2 Å². The van der Waals surface area contributed by atoms with E-state index in [9.17, 15) is 28.8 Å². The number of carbonyl (C=O) groups is 6. The average Bonchev–Trinajstić information content (AvgIpc) is 3.46. The van der Waals surface area contributed by atoms with Crippen LogP contribution in [0.2, 0.25) is 0 Å². The Labute approximate surface area is 249 Å². The number of carbonyl (C=O) groups excluding carboxylic acids is 6. The second-order valence-corrected chi connectivity index (χ2v) is 11.3. The Balaban J connectivity index is 1.86. The number of pyridine rings is 1. The van der Waals surface area contributed by atoms with Gasteiger partial charge in [0.1, 0.15) is 15.7 Å². The van der Waals surface area contributed by atoms with Crippen molar-refractivity contribution in [2.45, 2.75) is 13.8 Å². The van der Waals surface area contributed by atoms with Gasteiger partial charge in [0.15, 0.2) is 0 Å². The molecule has 0 aliphatic rings. The Kier molecular flexibility index (Phi) is 9.80. The van der Waals surface area contributed by atoms with Gasteiger partial charge in [-0.15, -0.1) is 22.7 Å². The number of esters is 2. The van der Waals surface area contributed by atoms with Crippen LogP contribution in [0.4, 0.5) is 10.0 Å². The highest BCUT2D eigenvalue weighted by molar-refractivity contribution is 7.19. The van der Waals surface area contributed by atoms with Crippen LogP contribution in [0.1, 0.15) is 72.0 Å². The van der Waals surface area contributed by atoms with Crippen molar-refractivity contribution >= 4 is 68.2 Å². The fourth-order valence-corrected chi connectivity index (χ4v) is 6.14. The normalized spacial score (nSPS) is 10.5. The lowest BCUT2D eigenvalue weighted by atomic mass is 10.1. The number of aromatic nitrogens is 1. The third-order valence-corrected chi connectivity index (χ3v) is 8.38. The fraction of sp³-hybridized carbons (Fsp3) is 0.296. The van der Waals surface area contributed by atoms with Crippen LogP contribution in [0.3, 0.4) is 0 Å². The molecule has 0 spiro atoms. The van der Waals surface area contributed by atoms with Crippen molar-refractivity contribution in [3.05, 3.63) is 61.6 Å². The van der Waals surface area contributed by atoms with Crippen LogP contribution in [0.25, 0.3) is 0 Å². The molecular formula is C27H29N5O8S2. The maximum Gasteiger partial charge on any atom is 0.341 e. The highest BCUT2D eigenvalue weighted by Gasteiger charge is 2.29. The lowest BCUT2D eigenvalue weighted by Gasteiger charge is -2.08. The van der Waals surface area contributed by atoms with Gasteiger partial charge in [0.25, 0.3) is 23.6 Å². The molecule has 3 heterocycles. The van der Waals surface area contributed by atoms with E-state index in [1.165, 1.54) is 36.2 Å². The van der Waals surface area contributed by atoms with Gasteiger partial charge in [0.2, 0.25) is 0 Å². The number of nitrogens with zero attached hydrogens (tertiary/aromatic N) is 3. The second kappa shape index (κ2) is 12.9. The molecule has 0 aliphatic heterocycles. The number of amides is 4. The number of methoxy groups -OCH3 is 2. The molecule has 4 amide bonds. The molecule has 0 radical (unpaired) electrons. The van der Waals surface area contributed by atoms with Gasteiger partial charge in [-0.3, -0.25) is 24.2 Å². The van der Waals surface area contributed by atoms with Crippen LogP contribution in [0.5, 0.6) is 0 Å². The molecular weight excluding hydrogens is 586 g/mol. The van der Waals surface area contributed by atoms with Gasteiger partial charge in [-0.05, 0) is 37.1 Å². The number of anilines is 2. The average molecular weight is 616 g/mol. The molecule has 0 aliphatic carbocycles. The van der Waals surface area contributed by atoms with Crippen LogP contribution in [0.15, 0.2) is 18.3 Å². The zero-order valence-electron chi connectivity index (χ0n) is 24.2. The van der Waals surface area contributed by atoms with E-state index in [0.29, 0.717) is 11.1 Å². The quantitative estimate of drug-likeness (QED) is 0.362. The van der Waals surface area contributed by atoms with E-state index in [0.717, 1.165) is 28.9 Å². The van der Waals surface area contributed by atoms with Crippen molar-refractivity contribution in [1.82, 2.24) is 14.8 Å². The summed E-state index contributed by atoms with van der Waals surface area (Å²) in [4.78, 5) is 83.3. The minimum atomic E-state index is -0.720. The molecule has 13 nitrogen and oxygen atoms in total. The van der Waals surface area contributed by atoms with Gasteiger partial charge in [-0.25, -0.2) is 9.59 Å². The van der Waals surface area contributed by atoms with Crippen molar-refractivity contribution in [1.29, 1.82) is 0 Å². The maximum absolute atomic E-state index is 13.0. The van der Waals surface area contributed by atoms with Crippen LogP contribution >= 0.6 is 22.7 Å². The van der Waals surface area contributed by atoms with Gasteiger partial charge in [-0.1, -0.05) is 0 Å². The summed E-state index contributed by atoms with van der Waals surface area (Å²) in [7, 11) is 8.65. The number of hydrogen-bond acceptors (Lipinski definition) is 11. The number of hydrogen-bond donors (Lipinski definition) is 2. The maximum atomic E-state index is 13.0. The number of ether oxygens (including phenoxy) is 2. The molecule has 3 aromatic rings. The number of nitrogens with one attached hydrogen (secondary N) is 2. The first-order chi connectivity index (χ1) is 19.7. The van der Waals surface area contributed by atoms with Gasteiger partial charge < -0.3 is 29.9 Å². The minimum Gasteiger partial charge on any atom is -0.465 e. The van der Waals surface area contributed by atoms with E-state index < -0.39 is 23.8 Å². The Morgan fingerprint density at radius 3 is 1.50 bits per heavy atom. The summed E-state index contributed by atoms with van der Waals surface area (Å²) in [6.07, 6.45) is 1.16. The second-order valence-electron chi connectivity index (χ2n) is 9.24. The summed E-state index contributed by atoms with van der Waals surface area (Å²) in [5.74, 6) is -3.44. The predicted octanol–water partition coefficient (Wildman–Crippen LogP) is 3.30. The molecule has 0 aromatic carbocycles. The zero-order chi connectivity index (χ0) is 31.5. The van der Waals surface area contributed by atoms with Gasteiger partial charge in [-0.2, -0.15) is 0 Å².